The Labute approximate surface area is 83.1 Å². The van der Waals surface area contributed by atoms with Crippen molar-refractivity contribution in [1.82, 2.24) is 4.98 Å². The quantitative estimate of drug-likeness (QED) is 0.589. The normalized spacial score (nSPS) is 12.3. The molecule has 0 aliphatic rings. The second kappa shape index (κ2) is 4.72. The van der Waals surface area contributed by atoms with Crippen molar-refractivity contribution in [1.29, 1.82) is 0 Å². The lowest BCUT2D eigenvalue weighted by molar-refractivity contribution is 0.542. The van der Waals surface area contributed by atoms with E-state index in [1.54, 1.807) is 6.08 Å². The van der Waals surface area contributed by atoms with Crippen molar-refractivity contribution in [2.24, 2.45) is 0 Å². The fourth-order valence-corrected chi connectivity index (χ4v) is 1.18. The molecule has 0 aliphatic carbocycles. The molecule has 13 heavy (non-hydrogen) atoms. The van der Waals surface area contributed by atoms with Gasteiger partial charge in [-0.15, -0.1) is 12.6 Å². The van der Waals surface area contributed by atoms with Gasteiger partial charge in [0.15, 0.2) is 12.2 Å². The van der Waals surface area contributed by atoms with Crippen LogP contribution in [0.4, 0.5) is 0 Å². The molecule has 2 nitrogen and oxygen atoms in total. The molecule has 0 saturated carbocycles. The van der Waals surface area contributed by atoms with E-state index >= 15 is 0 Å². The number of thiol groups is 1. The van der Waals surface area contributed by atoms with Crippen LogP contribution in [0.2, 0.25) is 0 Å². The van der Waals surface area contributed by atoms with Crippen LogP contribution in [0.15, 0.2) is 46.7 Å². The summed E-state index contributed by atoms with van der Waals surface area (Å²) in [5.74, 6) is 0.668. The molecule has 0 N–H and O–H groups in total. The first-order chi connectivity index (χ1) is 6.29. The second-order valence-corrected chi connectivity index (χ2v) is 2.79. The predicted octanol–water partition coefficient (Wildman–Crippen LogP) is 3.11. The van der Waals surface area contributed by atoms with Crippen molar-refractivity contribution in [3.05, 3.63) is 43.0 Å². The van der Waals surface area contributed by atoms with Gasteiger partial charge in [-0.1, -0.05) is 30.9 Å². The Morgan fingerprint density at radius 3 is 2.92 bits per heavy atom. The van der Waals surface area contributed by atoms with Crippen molar-refractivity contribution in [2.75, 3.05) is 0 Å². The first kappa shape index (κ1) is 9.86. The molecule has 1 aromatic rings. The van der Waals surface area contributed by atoms with Gasteiger partial charge >= 0.3 is 0 Å². The number of nitrogens with zero attached hydrogens (tertiary/aromatic N) is 1. The molecule has 0 radical (unpaired) electrons. The van der Waals surface area contributed by atoms with Crippen molar-refractivity contribution < 1.29 is 4.42 Å². The van der Waals surface area contributed by atoms with Crippen molar-refractivity contribution in [3.63, 3.8) is 0 Å². The van der Waals surface area contributed by atoms with Crippen molar-refractivity contribution in [3.8, 4) is 0 Å². The zero-order valence-electron chi connectivity index (χ0n) is 7.40. The van der Waals surface area contributed by atoms with E-state index in [1.807, 2.05) is 25.2 Å². The average molecular weight is 193 g/mol. The third kappa shape index (κ3) is 2.36. The molecule has 0 aromatic carbocycles. The molecule has 1 rings (SSSR count). The Morgan fingerprint density at radius 1 is 1.69 bits per heavy atom. The molecule has 0 spiro atoms. The summed E-state index contributed by atoms with van der Waals surface area (Å²) < 4.78 is 5.18. The molecule has 3 heteroatoms. The highest BCUT2D eigenvalue weighted by atomic mass is 32.1. The van der Waals surface area contributed by atoms with Gasteiger partial charge in [-0.05, 0) is 6.92 Å². The summed E-state index contributed by atoms with van der Waals surface area (Å²) in [4.78, 5) is 3.89. The minimum absolute atomic E-state index is 0.589. The highest BCUT2D eigenvalue weighted by Gasteiger charge is 2.06. The maximum Gasteiger partial charge on any atom is 0.182 e. The number of hydrogen-bond acceptors (Lipinski definition) is 3. The maximum atomic E-state index is 5.18. The van der Waals surface area contributed by atoms with Crippen LogP contribution in [0.3, 0.4) is 0 Å². The Balaban J connectivity index is 3.09. The number of hydrogen-bond donors (Lipinski definition) is 1. The minimum atomic E-state index is 0.589. The van der Waals surface area contributed by atoms with Gasteiger partial charge in [0, 0.05) is 5.57 Å². The lowest BCUT2D eigenvalue weighted by Crippen LogP contribution is -1.78. The fourth-order valence-electron chi connectivity index (χ4n) is 0.951. The maximum absolute atomic E-state index is 5.18. The lowest BCUT2D eigenvalue weighted by Gasteiger charge is -1.95. The summed E-state index contributed by atoms with van der Waals surface area (Å²) in [6.45, 7) is 5.56. The largest absolute Gasteiger partial charge is 0.442 e. The smallest absolute Gasteiger partial charge is 0.182 e. The standard InChI is InChI=1S/C10H11NOS/c1-3-5-8(6-4-2)9-10(13)11-7-12-9/h3-7,13H,1H2,2H3/b6-4-,8-5+. The summed E-state index contributed by atoms with van der Waals surface area (Å²) >= 11 is 4.16. The highest BCUT2D eigenvalue weighted by Crippen LogP contribution is 2.22. The van der Waals surface area contributed by atoms with E-state index in [0.717, 1.165) is 5.57 Å². The molecule has 1 heterocycles. The highest BCUT2D eigenvalue weighted by molar-refractivity contribution is 7.80. The Hall–Kier alpha value is -1.22. The summed E-state index contributed by atoms with van der Waals surface area (Å²) in [6.07, 6.45) is 8.76. The number of rotatable bonds is 3. The first-order valence-electron chi connectivity index (χ1n) is 3.87. The van der Waals surface area contributed by atoms with Crippen LogP contribution in [0.25, 0.3) is 5.57 Å². The molecular weight excluding hydrogens is 182 g/mol. The van der Waals surface area contributed by atoms with Crippen LogP contribution in [-0.2, 0) is 0 Å². The molecule has 0 aliphatic heterocycles. The molecule has 0 atom stereocenters. The predicted molar refractivity (Wildman–Crippen MR) is 56.7 cm³/mol. The van der Waals surface area contributed by atoms with E-state index in [2.05, 4.69) is 24.2 Å². The molecule has 68 valence electrons. The van der Waals surface area contributed by atoms with Crippen LogP contribution < -0.4 is 0 Å². The topological polar surface area (TPSA) is 26.0 Å². The summed E-state index contributed by atoms with van der Waals surface area (Å²) in [5.41, 5.74) is 0.917. The molecule has 0 bridgehead atoms. The lowest BCUT2D eigenvalue weighted by atomic mass is 10.2. The van der Waals surface area contributed by atoms with E-state index in [-0.39, 0.29) is 0 Å². The number of aromatic nitrogens is 1. The van der Waals surface area contributed by atoms with Gasteiger partial charge in [0.1, 0.15) is 5.03 Å². The van der Waals surface area contributed by atoms with Crippen LogP contribution in [0, 0.1) is 0 Å². The van der Waals surface area contributed by atoms with E-state index in [4.69, 9.17) is 4.42 Å². The van der Waals surface area contributed by atoms with Gasteiger partial charge in [-0.2, -0.15) is 0 Å². The summed E-state index contributed by atoms with van der Waals surface area (Å²) in [6, 6.07) is 0. The van der Waals surface area contributed by atoms with Gasteiger partial charge in [0.25, 0.3) is 0 Å². The molecular formula is C10H11NOS. The van der Waals surface area contributed by atoms with E-state index < -0.39 is 0 Å². The van der Waals surface area contributed by atoms with Gasteiger partial charge in [0.05, 0.1) is 0 Å². The SMILES string of the molecule is C=C/C=C(\C=C/C)c1ocnc1S. The molecule has 0 saturated heterocycles. The number of allylic oxidation sites excluding steroid dienone is 5. The fraction of sp³-hybridized carbons (Fsp3) is 0.100. The van der Waals surface area contributed by atoms with Gasteiger partial charge in [0.2, 0.25) is 0 Å². The van der Waals surface area contributed by atoms with Crippen LogP contribution in [0.1, 0.15) is 12.7 Å². The molecule has 0 amide bonds. The second-order valence-electron chi connectivity index (χ2n) is 2.36. The van der Waals surface area contributed by atoms with Crippen molar-refractivity contribution >= 4 is 18.2 Å². The van der Waals surface area contributed by atoms with Crippen LogP contribution in [0.5, 0.6) is 0 Å². The van der Waals surface area contributed by atoms with Crippen LogP contribution in [-0.4, -0.2) is 4.98 Å². The number of oxazole rings is 1. The van der Waals surface area contributed by atoms with E-state index in [1.165, 1.54) is 6.39 Å². The van der Waals surface area contributed by atoms with Gasteiger partial charge in [-0.3, -0.25) is 0 Å². The van der Waals surface area contributed by atoms with Gasteiger partial charge in [-0.25, -0.2) is 4.98 Å². The zero-order chi connectivity index (χ0) is 9.68. The minimum Gasteiger partial charge on any atom is -0.442 e. The zero-order valence-corrected chi connectivity index (χ0v) is 8.29. The third-order valence-corrected chi connectivity index (χ3v) is 1.77. The van der Waals surface area contributed by atoms with Crippen LogP contribution >= 0.6 is 12.6 Å². The Kier molecular flexibility index (Phi) is 3.58. The monoisotopic (exact) mass is 193 g/mol. The molecule has 1 aromatic heterocycles. The Morgan fingerprint density at radius 2 is 2.46 bits per heavy atom. The van der Waals surface area contributed by atoms with E-state index in [9.17, 15) is 0 Å². The summed E-state index contributed by atoms with van der Waals surface area (Å²) in [5, 5.41) is 0.589. The molecule has 0 fully saturated rings. The van der Waals surface area contributed by atoms with Gasteiger partial charge < -0.3 is 4.42 Å². The first-order valence-corrected chi connectivity index (χ1v) is 4.32. The molecule has 0 unspecified atom stereocenters. The summed E-state index contributed by atoms with van der Waals surface area (Å²) in [7, 11) is 0. The third-order valence-electron chi connectivity index (χ3n) is 1.45. The average Bonchev–Trinajstić information content (AvgIpc) is 2.51. The van der Waals surface area contributed by atoms with Crippen molar-refractivity contribution in [2.45, 2.75) is 11.9 Å². The Bertz CT molecular complexity index is 350. The van der Waals surface area contributed by atoms with E-state index in [0.29, 0.717) is 10.8 Å².